The number of nitrogens with zero attached hydrogens (tertiary/aromatic N) is 1. The van der Waals surface area contributed by atoms with E-state index < -0.39 is 0 Å². The molecule has 126 valence electrons. The topological polar surface area (TPSA) is 54.9 Å². The monoisotopic (exact) mass is 421 g/mol. The summed E-state index contributed by atoms with van der Waals surface area (Å²) in [6.07, 6.45) is 0.962. The summed E-state index contributed by atoms with van der Waals surface area (Å²) in [5.74, 6) is 0.810. The molecule has 0 atom stereocenters. The van der Waals surface area contributed by atoms with Gasteiger partial charge in [-0.1, -0.05) is 24.3 Å². The Labute approximate surface area is 150 Å². The Morgan fingerprint density at radius 2 is 1.82 bits per heavy atom. The average Bonchev–Trinajstić information content (AvgIpc) is 2.53. The van der Waals surface area contributed by atoms with Crippen LogP contribution in [0.25, 0.3) is 0 Å². The van der Waals surface area contributed by atoms with E-state index in [1.54, 1.807) is 14.2 Å². The number of benzene rings is 1. The summed E-state index contributed by atoms with van der Waals surface area (Å²) < 4.78 is 10.4. The van der Waals surface area contributed by atoms with Crippen molar-refractivity contribution in [3.8, 4) is 0 Å². The quantitative estimate of drug-likeness (QED) is 0.279. The Balaban J connectivity index is 0.00000441. The summed E-state index contributed by atoms with van der Waals surface area (Å²) in [4.78, 5) is 4.19. The van der Waals surface area contributed by atoms with E-state index in [0.717, 1.165) is 38.7 Å². The van der Waals surface area contributed by atoms with Crippen LogP contribution in [0.1, 0.15) is 24.5 Å². The van der Waals surface area contributed by atoms with E-state index in [4.69, 9.17) is 9.47 Å². The first-order chi connectivity index (χ1) is 10.3. The van der Waals surface area contributed by atoms with Crippen LogP contribution in [0, 0.1) is 0 Å². The number of aliphatic imine (C=N–C) groups is 1. The molecule has 0 bridgehead atoms. The molecule has 0 aliphatic heterocycles. The van der Waals surface area contributed by atoms with Gasteiger partial charge in [0.1, 0.15) is 0 Å². The van der Waals surface area contributed by atoms with E-state index in [1.807, 2.05) is 6.92 Å². The summed E-state index contributed by atoms with van der Waals surface area (Å²) in [6, 6.07) is 8.42. The van der Waals surface area contributed by atoms with Crippen molar-refractivity contribution in [2.75, 3.05) is 33.9 Å². The molecule has 0 aliphatic carbocycles. The van der Waals surface area contributed by atoms with Gasteiger partial charge in [0.2, 0.25) is 0 Å². The summed E-state index contributed by atoms with van der Waals surface area (Å²) >= 11 is 0. The standard InChI is InChI=1S/C16H27N3O2.HI/c1-4-21-13-15-8-6-14(7-9-15)12-19-16(17-2)18-10-5-11-20-3;/h6-9H,4-5,10-13H2,1-3H3,(H2,17,18,19);1H. The van der Waals surface area contributed by atoms with Crippen molar-refractivity contribution in [1.29, 1.82) is 0 Å². The lowest BCUT2D eigenvalue weighted by Crippen LogP contribution is -2.37. The van der Waals surface area contributed by atoms with Gasteiger partial charge in [-0.3, -0.25) is 4.99 Å². The van der Waals surface area contributed by atoms with E-state index in [-0.39, 0.29) is 24.0 Å². The molecule has 0 unspecified atom stereocenters. The first-order valence-electron chi connectivity index (χ1n) is 7.39. The largest absolute Gasteiger partial charge is 0.385 e. The molecule has 5 nitrogen and oxygen atoms in total. The smallest absolute Gasteiger partial charge is 0.191 e. The van der Waals surface area contributed by atoms with Crippen LogP contribution in [0.4, 0.5) is 0 Å². The Morgan fingerprint density at radius 1 is 1.14 bits per heavy atom. The van der Waals surface area contributed by atoms with Gasteiger partial charge >= 0.3 is 0 Å². The molecular weight excluding hydrogens is 393 g/mol. The molecule has 0 fully saturated rings. The Bertz CT molecular complexity index is 410. The molecule has 2 N–H and O–H groups in total. The molecule has 0 aliphatic rings. The number of guanidine groups is 1. The molecule has 22 heavy (non-hydrogen) atoms. The maximum Gasteiger partial charge on any atom is 0.191 e. The lowest BCUT2D eigenvalue weighted by atomic mass is 10.1. The van der Waals surface area contributed by atoms with Crippen LogP contribution >= 0.6 is 24.0 Å². The van der Waals surface area contributed by atoms with Gasteiger partial charge in [-0.2, -0.15) is 0 Å². The summed E-state index contributed by atoms with van der Waals surface area (Å²) in [5, 5.41) is 6.54. The molecule has 0 aromatic heterocycles. The summed E-state index contributed by atoms with van der Waals surface area (Å²) in [5.41, 5.74) is 2.41. The minimum absolute atomic E-state index is 0. The van der Waals surface area contributed by atoms with Crippen molar-refractivity contribution < 1.29 is 9.47 Å². The number of halogens is 1. The number of hydrogen-bond acceptors (Lipinski definition) is 3. The highest BCUT2D eigenvalue weighted by Gasteiger charge is 1.99. The number of rotatable bonds is 9. The third-order valence-electron chi connectivity index (χ3n) is 3.00. The van der Waals surface area contributed by atoms with Gasteiger partial charge in [-0.15, -0.1) is 24.0 Å². The Kier molecular flexibility index (Phi) is 13.2. The molecule has 0 saturated carbocycles. The van der Waals surface area contributed by atoms with Gasteiger partial charge in [0.15, 0.2) is 5.96 Å². The number of ether oxygens (including phenoxy) is 2. The van der Waals surface area contributed by atoms with Crippen LogP contribution in [0.2, 0.25) is 0 Å². The van der Waals surface area contributed by atoms with E-state index in [0.29, 0.717) is 6.61 Å². The third kappa shape index (κ3) is 9.22. The maximum absolute atomic E-state index is 5.38. The molecule has 0 heterocycles. The van der Waals surface area contributed by atoms with Gasteiger partial charge in [-0.25, -0.2) is 0 Å². The molecule has 1 rings (SSSR count). The van der Waals surface area contributed by atoms with Gasteiger partial charge in [0, 0.05) is 40.5 Å². The number of nitrogens with one attached hydrogen (secondary N) is 2. The van der Waals surface area contributed by atoms with Crippen LogP contribution in [-0.4, -0.2) is 39.9 Å². The van der Waals surface area contributed by atoms with Crippen LogP contribution in [0.15, 0.2) is 29.3 Å². The second kappa shape index (κ2) is 13.8. The highest BCUT2D eigenvalue weighted by atomic mass is 127. The van der Waals surface area contributed by atoms with Crippen molar-refractivity contribution in [3.63, 3.8) is 0 Å². The first-order valence-corrected chi connectivity index (χ1v) is 7.39. The summed E-state index contributed by atoms with van der Waals surface area (Å²) in [7, 11) is 3.49. The fraction of sp³-hybridized carbons (Fsp3) is 0.562. The fourth-order valence-electron chi connectivity index (χ4n) is 1.80. The minimum Gasteiger partial charge on any atom is -0.385 e. The zero-order valence-electron chi connectivity index (χ0n) is 13.7. The average molecular weight is 421 g/mol. The molecule has 0 saturated heterocycles. The van der Waals surface area contributed by atoms with Gasteiger partial charge in [0.25, 0.3) is 0 Å². The van der Waals surface area contributed by atoms with E-state index in [2.05, 4.69) is 39.9 Å². The zero-order valence-corrected chi connectivity index (χ0v) is 16.1. The van der Waals surface area contributed by atoms with Crippen LogP contribution in [0.5, 0.6) is 0 Å². The molecule has 1 aromatic rings. The molecule has 0 amide bonds. The minimum atomic E-state index is 0. The van der Waals surface area contributed by atoms with Crippen LogP contribution < -0.4 is 10.6 Å². The van der Waals surface area contributed by atoms with E-state index in [9.17, 15) is 0 Å². The maximum atomic E-state index is 5.38. The van der Waals surface area contributed by atoms with Crippen molar-refractivity contribution >= 4 is 29.9 Å². The third-order valence-corrected chi connectivity index (χ3v) is 3.00. The Morgan fingerprint density at radius 3 is 2.41 bits per heavy atom. The van der Waals surface area contributed by atoms with Gasteiger partial charge in [0.05, 0.1) is 6.61 Å². The van der Waals surface area contributed by atoms with Crippen molar-refractivity contribution in [3.05, 3.63) is 35.4 Å². The van der Waals surface area contributed by atoms with Crippen LogP contribution in [0.3, 0.4) is 0 Å². The molecule has 0 radical (unpaired) electrons. The normalized spacial score (nSPS) is 11.0. The summed E-state index contributed by atoms with van der Waals surface area (Å²) in [6.45, 7) is 5.77. The lowest BCUT2D eigenvalue weighted by molar-refractivity contribution is 0.134. The molecule has 0 spiro atoms. The highest BCUT2D eigenvalue weighted by molar-refractivity contribution is 14.0. The fourth-order valence-corrected chi connectivity index (χ4v) is 1.80. The van der Waals surface area contributed by atoms with Gasteiger partial charge in [-0.05, 0) is 24.5 Å². The Hall–Kier alpha value is -0.860. The van der Waals surface area contributed by atoms with E-state index in [1.165, 1.54) is 11.1 Å². The second-order valence-corrected chi connectivity index (χ2v) is 4.65. The highest BCUT2D eigenvalue weighted by Crippen LogP contribution is 2.05. The number of methoxy groups -OCH3 is 1. The predicted octanol–water partition coefficient (Wildman–Crippen LogP) is 2.54. The van der Waals surface area contributed by atoms with Gasteiger partial charge < -0.3 is 20.1 Å². The van der Waals surface area contributed by atoms with Crippen molar-refractivity contribution in [2.24, 2.45) is 4.99 Å². The SMILES string of the molecule is CCOCc1ccc(CNC(=NC)NCCCOC)cc1.I. The van der Waals surface area contributed by atoms with Crippen molar-refractivity contribution in [1.82, 2.24) is 10.6 Å². The van der Waals surface area contributed by atoms with Crippen LogP contribution in [-0.2, 0) is 22.6 Å². The number of hydrogen-bond donors (Lipinski definition) is 2. The molecular formula is C16H28IN3O2. The zero-order chi connectivity index (χ0) is 15.3. The van der Waals surface area contributed by atoms with Crippen molar-refractivity contribution in [2.45, 2.75) is 26.5 Å². The molecule has 6 heteroatoms. The molecule has 1 aromatic carbocycles. The first kappa shape index (κ1) is 21.1. The lowest BCUT2D eigenvalue weighted by Gasteiger charge is -2.12. The second-order valence-electron chi connectivity index (χ2n) is 4.65. The predicted molar refractivity (Wildman–Crippen MR) is 102 cm³/mol. The van der Waals surface area contributed by atoms with E-state index >= 15 is 0 Å².